The molecule has 1 aliphatic rings. The number of phosphoric ester groups is 4. The maximum absolute atomic E-state index is 12.7. The third kappa shape index (κ3) is 13.8. The quantitative estimate of drug-likeness (QED) is 0.126. The van der Waals surface area contributed by atoms with Crippen LogP contribution in [-0.4, -0.2) is 48.5 Å². The summed E-state index contributed by atoms with van der Waals surface area (Å²) in [6, 6.07) is 5.49. The fourth-order valence-electron chi connectivity index (χ4n) is 3.65. The minimum atomic E-state index is -6.70. The Morgan fingerprint density at radius 1 is 0.568 bits per heavy atom. The molecule has 1 saturated carbocycles. The number of esters is 1. The van der Waals surface area contributed by atoms with Crippen LogP contribution in [0.4, 0.5) is 0 Å². The maximum atomic E-state index is 12.7. The molecular weight excluding hydrogens is 738 g/mol. The van der Waals surface area contributed by atoms with Gasteiger partial charge in [0.1, 0.15) is 36.4 Å². The summed E-state index contributed by atoms with van der Waals surface area (Å²) in [7, 11) is -39.3. The molecule has 1 fully saturated rings. The Bertz CT molecular complexity index is 1330. The molecule has 0 aromatic heterocycles. The second-order valence-corrected chi connectivity index (χ2v) is 16.4. The van der Waals surface area contributed by atoms with E-state index in [0.29, 0.717) is 0 Å². The van der Waals surface area contributed by atoms with Crippen LogP contribution in [0.3, 0.4) is 0 Å². The molecule has 0 N–H and O–H groups in total. The van der Waals surface area contributed by atoms with Gasteiger partial charge in [-0.3, -0.25) is 0 Å². The average Bonchev–Trinajstić information content (AvgIpc) is 2.76. The lowest BCUT2D eigenvalue weighted by atomic mass is 9.85. The third-order valence-corrected chi connectivity index (χ3v) is 10.2. The molecule has 0 radical (unpaired) electrons. The topological polar surface area (TPSA) is 435 Å². The summed E-state index contributed by atoms with van der Waals surface area (Å²) in [5.74, 6) is -4.30. The van der Waals surface area contributed by atoms with Crippen molar-refractivity contribution in [2.45, 2.75) is 36.6 Å². The van der Waals surface area contributed by atoms with Crippen molar-refractivity contribution in [3.8, 4) is 0 Å². The number of ether oxygens (including phenoxy) is 1. The Balaban J connectivity index is 2.92. The molecule has 0 aliphatic heterocycles. The van der Waals surface area contributed by atoms with Crippen molar-refractivity contribution < 1.29 is 114 Å². The van der Waals surface area contributed by atoms with Crippen molar-refractivity contribution in [2.75, 3.05) is 5.90 Å². The smallest absolute Gasteiger partial charge is 0.338 e. The van der Waals surface area contributed by atoms with Crippen molar-refractivity contribution in [1.29, 1.82) is 0 Å². The molecular formula is C14H13O24P6-11. The van der Waals surface area contributed by atoms with E-state index in [1.54, 1.807) is 0 Å². The van der Waals surface area contributed by atoms with Crippen LogP contribution in [0, 0.1) is 0 Å². The highest BCUT2D eigenvalue weighted by Crippen LogP contribution is 2.55. The monoisotopic (exact) mass is 751 g/mol. The fraction of sp³-hybridized carbons (Fsp3) is 0.500. The van der Waals surface area contributed by atoms with Gasteiger partial charge in [0.15, 0.2) is 13.7 Å². The van der Waals surface area contributed by atoms with Crippen molar-refractivity contribution in [3.63, 3.8) is 0 Å². The standard InChI is InChI=1S/C14H24O24P6/c15-14(7-4-2-1-3-5-7)33-8-9(35-41(21,22)23)12(37-43(27,28)29)11(34-40(19,20)6-39(16,17)18)13(38-44(30,31)32)10(8)36-42(24,25)26/h1-5,8-13H,6H2,(H,19,20)(H2,16,17,18)(H2,21,22,23)(H2,24,25,26)(H2,27,28,29)(H2,30,31,32)/p-11/t8?,9-,10+,11?,12+,13-. The van der Waals surface area contributed by atoms with Crippen LogP contribution in [0.25, 0.3) is 0 Å². The van der Waals surface area contributed by atoms with E-state index in [4.69, 9.17) is 4.74 Å². The van der Waals surface area contributed by atoms with Gasteiger partial charge in [-0.15, -0.1) is 0 Å². The third-order valence-electron chi connectivity index (χ3n) is 4.83. The highest BCUT2D eigenvalue weighted by atomic mass is 31.3. The summed E-state index contributed by atoms with van der Waals surface area (Å²) in [4.78, 5) is 150. The summed E-state index contributed by atoms with van der Waals surface area (Å²) < 4.78 is 83.3. The number of hydrogen-bond acceptors (Lipinski definition) is 24. The van der Waals surface area contributed by atoms with Gasteiger partial charge in [0.2, 0.25) is 0 Å². The Morgan fingerprint density at radius 3 is 1.20 bits per heavy atom. The van der Waals surface area contributed by atoms with Gasteiger partial charge in [0.05, 0.1) is 36.9 Å². The van der Waals surface area contributed by atoms with Crippen molar-refractivity contribution >= 4 is 52.8 Å². The molecule has 1 aromatic rings. The normalized spacial score (nSPS) is 27.0. The lowest BCUT2D eigenvalue weighted by Crippen LogP contribution is -2.68. The lowest BCUT2D eigenvalue weighted by Gasteiger charge is -2.56. The highest BCUT2D eigenvalue weighted by molar-refractivity contribution is 7.70. The van der Waals surface area contributed by atoms with Gasteiger partial charge in [-0.25, -0.2) is 4.79 Å². The van der Waals surface area contributed by atoms with Crippen LogP contribution in [0.1, 0.15) is 10.4 Å². The maximum Gasteiger partial charge on any atom is 0.338 e. The van der Waals surface area contributed by atoms with Crippen molar-refractivity contribution in [2.24, 2.45) is 0 Å². The van der Waals surface area contributed by atoms with Crippen molar-refractivity contribution in [1.82, 2.24) is 0 Å². The number of carbonyl (C=O) groups is 1. The molecule has 0 amide bonds. The van der Waals surface area contributed by atoms with Gasteiger partial charge >= 0.3 is 5.97 Å². The number of phosphoric acid groups is 4. The van der Waals surface area contributed by atoms with Gasteiger partial charge in [-0.2, -0.15) is 7.94 Å². The predicted octanol–water partition coefficient (Wildman–Crippen LogP) is -9.18. The van der Waals surface area contributed by atoms with Gasteiger partial charge in [-0.05, 0) is 12.1 Å². The van der Waals surface area contributed by atoms with E-state index in [0.717, 1.165) is 24.3 Å². The molecule has 1 aliphatic carbocycles. The zero-order valence-electron chi connectivity index (χ0n) is 20.5. The molecule has 0 heterocycles. The SMILES string of the molecule is O=C(OC1[C@@H](OP(=O)([O-])[O-])[C@H](OP(=O)([O-])[O-])C(OP(=O)([O-])C[P+]([O-])([O-])[O-])[C@H](OP(=O)([O-])[O-])[C@H]1OP(=O)([O-])[O-])c1ccccc1. The molecule has 3 unspecified atom stereocenters. The van der Waals surface area contributed by atoms with E-state index < -0.39 is 101 Å². The number of carbonyl (C=O) groups excluding carboxylic acids is 1. The van der Waals surface area contributed by atoms with E-state index in [1.807, 2.05) is 0 Å². The average molecular weight is 751 g/mol. The molecule has 1 aromatic carbocycles. The molecule has 0 saturated heterocycles. The summed E-state index contributed by atoms with van der Waals surface area (Å²) in [5.41, 5.74) is -0.555. The summed E-state index contributed by atoms with van der Waals surface area (Å²) in [6.45, 7) is 0. The van der Waals surface area contributed by atoms with Crippen LogP contribution in [0.5, 0.6) is 0 Å². The first-order valence-corrected chi connectivity index (χ1v) is 19.9. The zero-order chi connectivity index (χ0) is 34.1. The summed E-state index contributed by atoms with van der Waals surface area (Å²) in [6.07, 6.45) is -20.4. The van der Waals surface area contributed by atoms with Crippen molar-refractivity contribution in [3.05, 3.63) is 35.9 Å². The molecule has 0 bridgehead atoms. The second kappa shape index (κ2) is 14.4. The fourth-order valence-corrected chi connectivity index (χ4v) is 8.38. The molecule has 24 nitrogen and oxygen atoms in total. The number of hydrogen-bond donors (Lipinski definition) is 0. The Labute approximate surface area is 245 Å². The molecule has 254 valence electrons. The second-order valence-electron chi connectivity index (χ2n) is 8.24. The predicted molar refractivity (Wildman–Crippen MR) is 110 cm³/mol. The summed E-state index contributed by atoms with van der Waals surface area (Å²) >= 11 is 0. The Morgan fingerprint density at radius 2 is 0.886 bits per heavy atom. The van der Waals surface area contributed by atoms with E-state index in [1.165, 1.54) is 6.07 Å². The first-order chi connectivity index (χ1) is 19.6. The number of benzene rings is 1. The van der Waals surface area contributed by atoms with Gasteiger partial charge in [0, 0.05) is 0 Å². The molecule has 0 spiro atoms. The van der Waals surface area contributed by atoms with Crippen LogP contribution in [0.15, 0.2) is 30.3 Å². The highest BCUT2D eigenvalue weighted by Gasteiger charge is 2.58. The Hall–Kier alpha value is -0.410. The van der Waals surface area contributed by atoms with Gasteiger partial charge < -0.3 is 109 Å². The minimum absolute atomic E-state index is 0.555. The van der Waals surface area contributed by atoms with E-state index in [2.05, 4.69) is 22.6 Å². The van der Waals surface area contributed by atoms with Gasteiger partial charge in [0.25, 0.3) is 0 Å². The molecule has 30 heteroatoms. The Kier molecular flexibility index (Phi) is 13.0. The van der Waals surface area contributed by atoms with Gasteiger partial charge in [-0.1, -0.05) is 18.2 Å². The van der Waals surface area contributed by atoms with Crippen LogP contribution in [-0.2, 0) is 50.2 Å². The van der Waals surface area contributed by atoms with Crippen LogP contribution >= 0.6 is 46.8 Å². The molecule has 7 atom stereocenters. The lowest BCUT2D eigenvalue weighted by molar-refractivity contribution is -0.426. The first kappa shape index (κ1) is 39.8. The molecule has 44 heavy (non-hydrogen) atoms. The van der Waals surface area contributed by atoms with E-state index >= 15 is 0 Å². The molecule has 2 rings (SSSR count). The van der Waals surface area contributed by atoms with E-state index in [-0.39, 0.29) is 0 Å². The minimum Gasteiger partial charge on any atom is -0.790 e. The van der Waals surface area contributed by atoms with Crippen LogP contribution < -0.4 is 58.7 Å². The van der Waals surface area contributed by atoms with E-state index in [9.17, 15) is 86.3 Å². The number of rotatable bonds is 14. The first-order valence-electron chi connectivity index (χ1n) is 10.6. The van der Waals surface area contributed by atoms with Crippen LogP contribution in [0.2, 0.25) is 0 Å². The largest absolute Gasteiger partial charge is 0.790 e. The zero-order valence-corrected chi connectivity index (χ0v) is 25.9. The summed E-state index contributed by atoms with van der Waals surface area (Å²) in [5, 5.41) is 0.